The molecule has 1 rings (SSSR count). The Morgan fingerprint density at radius 2 is 2.36 bits per heavy atom. The maximum absolute atomic E-state index is 10.6. The van der Waals surface area contributed by atoms with Gasteiger partial charge in [0.2, 0.25) is 0 Å². The molecule has 1 heterocycles. The molecule has 0 saturated heterocycles. The first kappa shape index (κ1) is 10.8. The highest BCUT2D eigenvalue weighted by molar-refractivity contribution is 7.98. The van der Waals surface area contributed by atoms with E-state index < -0.39 is 4.92 Å². The Kier molecular flexibility index (Phi) is 3.70. The van der Waals surface area contributed by atoms with Crippen molar-refractivity contribution in [1.29, 1.82) is 0 Å². The summed E-state index contributed by atoms with van der Waals surface area (Å²) in [5, 5.41) is 14.0. The predicted molar refractivity (Wildman–Crippen MR) is 56.8 cm³/mol. The first-order valence-corrected chi connectivity index (χ1v) is 5.34. The molecule has 0 aromatic carbocycles. The van der Waals surface area contributed by atoms with Crippen molar-refractivity contribution in [3.8, 4) is 0 Å². The normalized spacial score (nSPS) is 9.86. The zero-order chi connectivity index (χ0) is 10.6. The minimum Gasteiger partial charge on any atom is -0.370 e. The number of nitro groups is 1. The summed E-state index contributed by atoms with van der Waals surface area (Å²) in [5.74, 6) is 0.669. The molecule has 0 unspecified atom stereocenters. The van der Waals surface area contributed by atoms with Gasteiger partial charge in [0.05, 0.1) is 4.92 Å². The maximum atomic E-state index is 10.6. The highest BCUT2D eigenvalue weighted by Crippen LogP contribution is 2.26. The zero-order valence-electron chi connectivity index (χ0n) is 7.98. The average molecular weight is 213 g/mol. The Morgan fingerprint density at radius 1 is 1.64 bits per heavy atom. The lowest BCUT2D eigenvalue weighted by molar-refractivity contribution is -0.388. The molecule has 0 aliphatic carbocycles. The number of aromatic nitrogens is 1. The van der Waals surface area contributed by atoms with Gasteiger partial charge in [0.15, 0.2) is 5.03 Å². The fourth-order valence-electron chi connectivity index (χ4n) is 1.00. The first-order chi connectivity index (χ1) is 6.69. The smallest absolute Gasteiger partial charge is 0.301 e. The quantitative estimate of drug-likeness (QED) is 0.471. The summed E-state index contributed by atoms with van der Waals surface area (Å²) < 4.78 is 0. The fraction of sp³-hybridized carbons (Fsp3) is 0.375. The van der Waals surface area contributed by atoms with Crippen molar-refractivity contribution in [2.24, 2.45) is 0 Å². The Bertz CT molecular complexity index is 343. The van der Waals surface area contributed by atoms with E-state index in [2.05, 4.69) is 10.3 Å². The lowest BCUT2D eigenvalue weighted by Crippen LogP contribution is -2.01. The molecule has 0 bridgehead atoms. The number of thioether (sulfide) groups is 1. The Labute approximate surface area is 86.1 Å². The molecule has 0 amide bonds. The van der Waals surface area contributed by atoms with Gasteiger partial charge >= 0.3 is 5.69 Å². The number of hydrogen-bond donors (Lipinski definition) is 1. The van der Waals surface area contributed by atoms with Crippen molar-refractivity contribution in [3.05, 3.63) is 22.2 Å². The van der Waals surface area contributed by atoms with Crippen LogP contribution in [0.4, 0.5) is 11.5 Å². The van der Waals surface area contributed by atoms with Gasteiger partial charge in [-0.2, -0.15) is 0 Å². The predicted octanol–water partition coefficient (Wildman–Crippen LogP) is 2.14. The molecule has 14 heavy (non-hydrogen) atoms. The second-order valence-corrected chi connectivity index (χ2v) is 3.31. The van der Waals surface area contributed by atoms with Gasteiger partial charge in [-0.1, -0.05) is 0 Å². The number of nitrogens with one attached hydrogen (secondary N) is 1. The van der Waals surface area contributed by atoms with Gasteiger partial charge in [-0.05, 0) is 19.2 Å². The second kappa shape index (κ2) is 4.80. The van der Waals surface area contributed by atoms with Crippen LogP contribution in [0.2, 0.25) is 0 Å². The molecular weight excluding hydrogens is 202 g/mol. The van der Waals surface area contributed by atoms with Crippen molar-refractivity contribution in [2.45, 2.75) is 11.9 Å². The molecule has 1 aromatic heterocycles. The second-order valence-electron chi connectivity index (χ2n) is 2.51. The largest absolute Gasteiger partial charge is 0.370 e. The molecule has 5 nitrogen and oxygen atoms in total. The van der Waals surface area contributed by atoms with Crippen molar-refractivity contribution >= 4 is 23.3 Å². The standard InChI is InChI=1S/C8H11N3O2S/c1-3-9-7-5-4-6(11(12)13)8(10-7)14-2/h4-5H,3H2,1-2H3,(H,9,10). The van der Waals surface area contributed by atoms with Gasteiger partial charge in [0, 0.05) is 12.6 Å². The van der Waals surface area contributed by atoms with E-state index in [0.717, 1.165) is 6.54 Å². The summed E-state index contributed by atoms with van der Waals surface area (Å²) in [6.45, 7) is 2.69. The van der Waals surface area contributed by atoms with Gasteiger partial charge < -0.3 is 5.32 Å². The average Bonchev–Trinajstić information content (AvgIpc) is 2.17. The highest BCUT2D eigenvalue weighted by atomic mass is 32.2. The molecule has 76 valence electrons. The Hall–Kier alpha value is -1.30. The molecule has 0 radical (unpaired) electrons. The van der Waals surface area contributed by atoms with Gasteiger partial charge in [-0.3, -0.25) is 10.1 Å². The first-order valence-electron chi connectivity index (χ1n) is 4.12. The van der Waals surface area contributed by atoms with Crippen molar-refractivity contribution < 1.29 is 4.92 Å². The van der Waals surface area contributed by atoms with Crippen molar-refractivity contribution in [1.82, 2.24) is 4.98 Å². The highest BCUT2D eigenvalue weighted by Gasteiger charge is 2.14. The molecule has 0 spiro atoms. The number of hydrogen-bond acceptors (Lipinski definition) is 5. The van der Waals surface area contributed by atoms with Gasteiger partial charge in [0.1, 0.15) is 5.82 Å². The van der Waals surface area contributed by atoms with Crippen LogP contribution in [0.25, 0.3) is 0 Å². The summed E-state index contributed by atoms with van der Waals surface area (Å²) in [6.07, 6.45) is 1.77. The third-order valence-electron chi connectivity index (χ3n) is 1.59. The molecule has 1 N–H and O–H groups in total. The lowest BCUT2D eigenvalue weighted by atomic mass is 10.4. The van der Waals surface area contributed by atoms with E-state index in [4.69, 9.17) is 0 Å². The van der Waals surface area contributed by atoms with E-state index in [0.29, 0.717) is 10.8 Å². The van der Waals surface area contributed by atoms with E-state index in [-0.39, 0.29) is 5.69 Å². The summed E-state index contributed by atoms with van der Waals surface area (Å²) >= 11 is 1.27. The van der Waals surface area contributed by atoms with Gasteiger partial charge in [0.25, 0.3) is 0 Å². The molecule has 0 saturated carbocycles. The van der Waals surface area contributed by atoms with Crippen LogP contribution < -0.4 is 5.32 Å². The number of pyridine rings is 1. The van der Waals surface area contributed by atoms with Gasteiger partial charge in [-0.25, -0.2) is 4.98 Å². The fourth-order valence-corrected chi connectivity index (χ4v) is 1.54. The molecule has 6 heteroatoms. The molecule has 0 atom stereocenters. The third kappa shape index (κ3) is 2.35. The van der Waals surface area contributed by atoms with E-state index in [1.165, 1.54) is 17.8 Å². The summed E-state index contributed by atoms with van der Waals surface area (Å²) in [6, 6.07) is 3.08. The monoisotopic (exact) mass is 213 g/mol. The number of anilines is 1. The molecule has 0 aliphatic heterocycles. The number of nitrogens with zero attached hydrogens (tertiary/aromatic N) is 2. The van der Waals surface area contributed by atoms with Crippen molar-refractivity contribution in [3.63, 3.8) is 0 Å². The maximum Gasteiger partial charge on any atom is 0.301 e. The van der Waals surface area contributed by atoms with Crippen LogP contribution >= 0.6 is 11.8 Å². The SMILES string of the molecule is CCNc1ccc([N+](=O)[O-])c(SC)n1. The number of rotatable bonds is 4. The molecule has 1 aromatic rings. The van der Waals surface area contributed by atoms with E-state index >= 15 is 0 Å². The van der Waals surface area contributed by atoms with Crippen LogP contribution in [0.1, 0.15) is 6.92 Å². The topological polar surface area (TPSA) is 68.1 Å². The minimum absolute atomic E-state index is 0.0548. The van der Waals surface area contributed by atoms with Crippen LogP contribution in [-0.2, 0) is 0 Å². The summed E-state index contributed by atoms with van der Waals surface area (Å²) in [5.41, 5.74) is 0.0548. The zero-order valence-corrected chi connectivity index (χ0v) is 8.80. The molecule has 0 aliphatic rings. The van der Waals surface area contributed by atoms with E-state index in [9.17, 15) is 10.1 Å². The summed E-state index contributed by atoms with van der Waals surface area (Å²) in [4.78, 5) is 14.3. The Balaban J connectivity index is 3.05. The third-order valence-corrected chi connectivity index (χ3v) is 2.28. The van der Waals surface area contributed by atoms with Gasteiger partial charge in [-0.15, -0.1) is 11.8 Å². The van der Waals surface area contributed by atoms with Crippen LogP contribution in [0.5, 0.6) is 0 Å². The van der Waals surface area contributed by atoms with E-state index in [1.54, 1.807) is 12.3 Å². The van der Waals surface area contributed by atoms with Crippen LogP contribution in [0.15, 0.2) is 17.2 Å². The summed E-state index contributed by atoms with van der Waals surface area (Å²) in [7, 11) is 0. The van der Waals surface area contributed by atoms with E-state index in [1.807, 2.05) is 6.92 Å². The lowest BCUT2D eigenvalue weighted by Gasteiger charge is -2.03. The van der Waals surface area contributed by atoms with Crippen LogP contribution in [-0.4, -0.2) is 22.7 Å². The minimum atomic E-state index is -0.422. The van der Waals surface area contributed by atoms with Crippen molar-refractivity contribution in [2.75, 3.05) is 18.1 Å². The molecular formula is C8H11N3O2S. The molecule has 0 fully saturated rings. The van der Waals surface area contributed by atoms with Crippen LogP contribution in [0, 0.1) is 10.1 Å². The van der Waals surface area contributed by atoms with Crippen LogP contribution in [0.3, 0.4) is 0 Å². The Morgan fingerprint density at radius 3 is 2.86 bits per heavy atom.